The second-order valence-electron chi connectivity index (χ2n) is 5.67. The van der Waals surface area contributed by atoms with Crippen molar-refractivity contribution in [3.8, 4) is 0 Å². The summed E-state index contributed by atoms with van der Waals surface area (Å²) in [6, 6.07) is 2.90. The molecule has 0 bridgehead atoms. The summed E-state index contributed by atoms with van der Waals surface area (Å²) >= 11 is 8.89. The van der Waals surface area contributed by atoms with Crippen molar-refractivity contribution < 1.29 is 0 Å². The number of halogens is 2. The van der Waals surface area contributed by atoms with Gasteiger partial charge in [0.15, 0.2) is 0 Å². The van der Waals surface area contributed by atoms with Gasteiger partial charge in [-0.15, -0.1) is 11.3 Å². The van der Waals surface area contributed by atoms with Gasteiger partial charge in [0.2, 0.25) is 0 Å². The third-order valence-electron chi connectivity index (χ3n) is 3.47. The zero-order valence-electron chi connectivity index (χ0n) is 10.4. The molecule has 1 fully saturated rings. The summed E-state index contributed by atoms with van der Waals surface area (Å²) in [5.41, 5.74) is 0.520. The molecule has 1 aliphatic rings. The van der Waals surface area contributed by atoms with Gasteiger partial charge in [-0.05, 0) is 62.6 Å². The maximum Gasteiger partial charge on any atom is 0.0843 e. The summed E-state index contributed by atoms with van der Waals surface area (Å²) in [6.07, 6.45) is 5.38. The molecule has 1 N–H and O–H groups in total. The van der Waals surface area contributed by atoms with E-state index < -0.39 is 0 Å². The number of hydrogen-bond donors (Lipinski definition) is 1. The van der Waals surface area contributed by atoms with E-state index in [0.717, 1.165) is 6.54 Å². The van der Waals surface area contributed by atoms with Crippen molar-refractivity contribution in [2.24, 2.45) is 5.41 Å². The van der Waals surface area contributed by atoms with Gasteiger partial charge in [0, 0.05) is 21.9 Å². The zero-order chi connectivity index (χ0) is 12.5. The van der Waals surface area contributed by atoms with Gasteiger partial charge in [0.05, 0.1) is 3.79 Å². The quantitative estimate of drug-likeness (QED) is 0.746. The van der Waals surface area contributed by atoms with Gasteiger partial charge in [-0.2, -0.15) is 0 Å². The van der Waals surface area contributed by atoms with E-state index in [0.29, 0.717) is 11.5 Å². The summed E-state index contributed by atoms with van der Waals surface area (Å²) < 4.78 is 2.36. The maximum absolute atomic E-state index is 3.70. The van der Waals surface area contributed by atoms with E-state index in [4.69, 9.17) is 0 Å². The van der Waals surface area contributed by atoms with Gasteiger partial charge < -0.3 is 5.32 Å². The monoisotopic (exact) mass is 379 g/mol. The standard InChI is InChI=1S/C13H19Br2NS/c1-13(2)5-3-4-9(7-13)16-8-10-6-11(14)12(15)17-10/h6,9,16H,3-5,7-8H2,1-2H3. The highest BCUT2D eigenvalue weighted by Crippen LogP contribution is 2.36. The molecule has 17 heavy (non-hydrogen) atoms. The Morgan fingerprint density at radius 2 is 2.24 bits per heavy atom. The van der Waals surface area contributed by atoms with Crippen molar-refractivity contribution in [3.05, 3.63) is 19.2 Å². The Bertz CT molecular complexity index is 367. The molecule has 1 nitrogen and oxygen atoms in total. The summed E-state index contributed by atoms with van der Waals surface area (Å²) in [5, 5.41) is 3.70. The summed E-state index contributed by atoms with van der Waals surface area (Å²) in [4.78, 5) is 1.40. The van der Waals surface area contributed by atoms with Crippen LogP contribution in [0, 0.1) is 5.41 Å². The fourth-order valence-corrected chi connectivity index (χ4v) is 4.72. The fourth-order valence-electron chi connectivity index (χ4n) is 2.60. The molecule has 0 saturated heterocycles. The molecule has 1 atom stereocenters. The molecular weight excluding hydrogens is 362 g/mol. The minimum absolute atomic E-state index is 0.520. The van der Waals surface area contributed by atoms with Gasteiger partial charge in [-0.3, -0.25) is 0 Å². The van der Waals surface area contributed by atoms with E-state index in [1.165, 1.54) is 38.8 Å². The van der Waals surface area contributed by atoms with Crippen LogP contribution in [0.25, 0.3) is 0 Å². The molecule has 0 radical (unpaired) electrons. The second kappa shape index (κ2) is 5.72. The fraction of sp³-hybridized carbons (Fsp3) is 0.692. The molecule has 4 heteroatoms. The van der Waals surface area contributed by atoms with Crippen LogP contribution >= 0.6 is 43.2 Å². The lowest BCUT2D eigenvalue weighted by Gasteiger charge is -2.35. The Morgan fingerprint density at radius 1 is 1.47 bits per heavy atom. The first kappa shape index (κ1) is 14.0. The predicted molar refractivity (Wildman–Crippen MR) is 82.6 cm³/mol. The van der Waals surface area contributed by atoms with Gasteiger partial charge in [-0.25, -0.2) is 0 Å². The minimum atomic E-state index is 0.520. The van der Waals surface area contributed by atoms with E-state index in [-0.39, 0.29) is 0 Å². The molecule has 96 valence electrons. The van der Waals surface area contributed by atoms with Crippen molar-refractivity contribution in [1.82, 2.24) is 5.32 Å². The first-order chi connectivity index (χ1) is 7.96. The van der Waals surface area contributed by atoms with Crippen LogP contribution in [0.2, 0.25) is 0 Å². The van der Waals surface area contributed by atoms with Crippen LogP contribution < -0.4 is 5.32 Å². The maximum atomic E-state index is 3.70. The van der Waals surface area contributed by atoms with Crippen LogP contribution in [0.5, 0.6) is 0 Å². The highest BCUT2D eigenvalue weighted by molar-refractivity contribution is 9.13. The number of rotatable bonds is 3. The molecule has 2 rings (SSSR count). The minimum Gasteiger partial charge on any atom is -0.309 e. The Hall–Kier alpha value is 0.620. The molecule has 0 aromatic carbocycles. The highest BCUT2D eigenvalue weighted by Gasteiger charge is 2.27. The highest BCUT2D eigenvalue weighted by atomic mass is 79.9. The number of hydrogen-bond acceptors (Lipinski definition) is 2. The molecule has 1 saturated carbocycles. The van der Waals surface area contributed by atoms with Crippen LogP contribution in [0.4, 0.5) is 0 Å². The first-order valence-corrected chi connectivity index (χ1v) is 8.54. The van der Waals surface area contributed by atoms with Crippen LogP contribution in [0.1, 0.15) is 44.4 Å². The second-order valence-corrected chi connectivity index (χ2v) is 8.98. The zero-order valence-corrected chi connectivity index (χ0v) is 14.3. The normalized spacial score (nSPS) is 23.9. The number of nitrogens with one attached hydrogen (secondary N) is 1. The average molecular weight is 381 g/mol. The first-order valence-electron chi connectivity index (χ1n) is 6.13. The van der Waals surface area contributed by atoms with Gasteiger partial charge in [-0.1, -0.05) is 20.3 Å². The van der Waals surface area contributed by atoms with Gasteiger partial charge >= 0.3 is 0 Å². The molecule has 0 spiro atoms. The van der Waals surface area contributed by atoms with Crippen LogP contribution in [-0.2, 0) is 6.54 Å². The topological polar surface area (TPSA) is 12.0 Å². The molecular formula is C13H19Br2NS. The number of thiophene rings is 1. The van der Waals surface area contributed by atoms with E-state index in [1.54, 1.807) is 0 Å². The van der Waals surface area contributed by atoms with Crippen LogP contribution in [0.3, 0.4) is 0 Å². The predicted octanol–water partition coefficient (Wildman–Crippen LogP) is 5.33. The van der Waals surface area contributed by atoms with E-state index in [9.17, 15) is 0 Å². The Labute approximate surface area is 125 Å². The van der Waals surface area contributed by atoms with Crippen molar-refractivity contribution in [2.45, 2.75) is 52.1 Å². The summed E-state index contributed by atoms with van der Waals surface area (Å²) in [6.45, 7) is 5.77. The van der Waals surface area contributed by atoms with Crippen molar-refractivity contribution in [3.63, 3.8) is 0 Å². The van der Waals surface area contributed by atoms with Crippen molar-refractivity contribution in [2.75, 3.05) is 0 Å². The van der Waals surface area contributed by atoms with Gasteiger partial charge in [0.1, 0.15) is 0 Å². The lowest BCUT2D eigenvalue weighted by Crippen LogP contribution is -2.36. The van der Waals surface area contributed by atoms with E-state index in [1.807, 2.05) is 11.3 Å². The average Bonchev–Trinajstić information content (AvgIpc) is 2.54. The molecule has 1 unspecified atom stereocenters. The Balaban J connectivity index is 1.86. The van der Waals surface area contributed by atoms with E-state index in [2.05, 4.69) is 57.1 Å². The molecule has 1 heterocycles. The molecule has 0 amide bonds. The van der Waals surface area contributed by atoms with E-state index >= 15 is 0 Å². The van der Waals surface area contributed by atoms with Crippen LogP contribution in [0.15, 0.2) is 14.3 Å². The van der Waals surface area contributed by atoms with Gasteiger partial charge in [0.25, 0.3) is 0 Å². The molecule has 1 aromatic rings. The van der Waals surface area contributed by atoms with Crippen LogP contribution in [-0.4, -0.2) is 6.04 Å². The molecule has 1 aromatic heterocycles. The van der Waals surface area contributed by atoms with Crippen molar-refractivity contribution >= 4 is 43.2 Å². The summed E-state index contributed by atoms with van der Waals surface area (Å²) in [5.74, 6) is 0. The third kappa shape index (κ3) is 4.05. The van der Waals surface area contributed by atoms with Crippen molar-refractivity contribution in [1.29, 1.82) is 0 Å². The SMILES string of the molecule is CC1(C)CCCC(NCc2cc(Br)c(Br)s2)C1. The Morgan fingerprint density at radius 3 is 2.82 bits per heavy atom. The third-order valence-corrected chi connectivity index (χ3v) is 6.72. The molecule has 0 aliphatic heterocycles. The largest absolute Gasteiger partial charge is 0.309 e. The smallest absolute Gasteiger partial charge is 0.0843 e. The lowest BCUT2D eigenvalue weighted by molar-refractivity contribution is 0.198. The Kier molecular flexibility index (Phi) is 4.73. The molecule has 1 aliphatic carbocycles. The summed E-state index contributed by atoms with van der Waals surface area (Å²) in [7, 11) is 0. The lowest BCUT2D eigenvalue weighted by atomic mass is 9.75.